The normalized spacial score (nSPS) is 27.3. The zero-order chi connectivity index (χ0) is 15.4. The summed E-state index contributed by atoms with van der Waals surface area (Å²) in [6.07, 6.45) is 2.97. The molecule has 3 atom stereocenters. The highest BCUT2D eigenvalue weighted by Gasteiger charge is 2.48. The zero-order valence-corrected chi connectivity index (χ0v) is 12.9. The molecule has 0 aromatic heterocycles. The molecule has 0 N–H and O–H groups in total. The van der Waals surface area contributed by atoms with Gasteiger partial charge >= 0.3 is 0 Å². The minimum absolute atomic E-state index is 0.0580. The van der Waals surface area contributed by atoms with Gasteiger partial charge < -0.3 is 9.64 Å². The standard InChI is InChI=1S/C20H19NO2/c22-20(16-11-12-23-19-8-4-3-7-15(16)19)21-17-9-10-18(21)14-6-2-1-5-13(14)17/h1-8,16-18H,9-12H2/t16-,17+,18+/m1/s1. The molecule has 5 rings (SSSR count). The maximum absolute atomic E-state index is 13.4. The third-order valence-electron chi connectivity index (χ3n) is 5.61. The van der Waals surface area contributed by atoms with Crippen molar-refractivity contribution in [2.24, 2.45) is 0 Å². The van der Waals surface area contributed by atoms with E-state index in [-0.39, 0.29) is 23.9 Å². The molecular weight excluding hydrogens is 286 g/mol. The number of amides is 1. The molecule has 2 aromatic carbocycles. The van der Waals surface area contributed by atoms with Crippen LogP contribution in [-0.2, 0) is 4.79 Å². The molecule has 2 aromatic rings. The lowest BCUT2D eigenvalue weighted by Gasteiger charge is -2.31. The Hall–Kier alpha value is -2.29. The maximum atomic E-state index is 13.4. The number of hydrogen-bond donors (Lipinski definition) is 0. The quantitative estimate of drug-likeness (QED) is 0.798. The van der Waals surface area contributed by atoms with Gasteiger partial charge in [-0.25, -0.2) is 0 Å². The lowest BCUT2D eigenvalue weighted by atomic mass is 9.91. The van der Waals surface area contributed by atoms with Crippen molar-refractivity contribution in [1.82, 2.24) is 4.90 Å². The van der Waals surface area contributed by atoms with Crippen LogP contribution in [0.5, 0.6) is 5.75 Å². The Balaban J connectivity index is 1.52. The Labute approximate surface area is 135 Å². The minimum atomic E-state index is -0.0580. The fourth-order valence-electron chi connectivity index (χ4n) is 4.63. The lowest BCUT2D eigenvalue weighted by molar-refractivity contribution is -0.135. The molecule has 0 spiro atoms. The van der Waals surface area contributed by atoms with Crippen molar-refractivity contribution in [3.63, 3.8) is 0 Å². The van der Waals surface area contributed by atoms with Crippen LogP contribution >= 0.6 is 0 Å². The van der Waals surface area contributed by atoms with Crippen LogP contribution < -0.4 is 4.74 Å². The molecule has 2 bridgehead atoms. The molecule has 3 heterocycles. The highest BCUT2D eigenvalue weighted by atomic mass is 16.5. The van der Waals surface area contributed by atoms with Crippen molar-refractivity contribution in [3.05, 3.63) is 65.2 Å². The van der Waals surface area contributed by atoms with Gasteiger partial charge in [-0.15, -0.1) is 0 Å². The summed E-state index contributed by atoms with van der Waals surface area (Å²) in [6, 6.07) is 17.1. The van der Waals surface area contributed by atoms with Crippen LogP contribution in [0.2, 0.25) is 0 Å². The zero-order valence-electron chi connectivity index (χ0n) is 12.9. The smallest absolute Gasteiger partial charge is 0.231 e. The summed E-state index contributed by atoms with van der Waals surface area (Å²) in [4.78, 5) is 15.5. The first-order valence-corrected chi connectivity index (χ1v) is 8.47. The van der Waals surface area contributed by atoms with E-state index in [1.54, 1.807) is 0 Å². The number of benzene rings is 2. The Morgan fingerprint density at radius 3 is 2.17 bits per heavy atom. The first-order valence-electron chi connectivity index (χ1n) is 8.47. The van der Waals surface area contributed by atoms with Crippen LogP contribution in [0.1, 0.15) is 54.0 Å². The average Bonchev–Trinajstić information content (AvgIpc) is 3.18. The third-order valence-corrected chi connectivity index (χ3v) is 5.61. The molecule has 3 heteroatoms. The predicted molar refractivity (Wildman–Crippen MR) is 87.3 cm³/mol. The molecule has 1 fully saturated rings. The second-order valence-electron chi connectivity index (χ2n) is 6.71. The number of nitrogens with zero attached hydrogens (tertiary/aromatic N) is 1. The monoisotopic (exact) mass is 305 g/mol. The van der Waals surface area contributed by atoms with Gasteiger partial charge in [-0.05, 0) is 36.5 Å². The van der Waals surface area contributed by atoms with Gasteiger partial charge in [0.25, 0.3) is 0 Å². The summed E-state index contributed by atoms with van der Waals surface area (Å²) in [5, 5.41) is 0. The van der Waals surface area contributed by atoms with Crippen LogP contribution in [0.25, 0.3) is 0 Å². The van der Waals surface area contributed by atoms with Gasteiger partial charge in [0.1, 0.15) is 5.75 Å². The van der Waals surface area contributed by atoms with Crippen LogP contribution in [-0.4, -0.2) is 17.4 Å². The highest BCUT2D eigenvalue weighted by molar-refractivity contribution is 5.86. The summed E-state index contributed by atoms with van der Waals surface area (Å²) in [5.74, 6) is 1.10. The molecule has 0 aliphatic carbocycles. The molecule has 0 radical (unpaired) electrons. The van der Waals surface area contributed by atoms with Gasteiger partial charge in [-0.3, -0.25) is 4.79 Å². The number of carbonyl (C=O) groups excluding carboxylic acids is 1. The second-order valence-corrected chi connectivity index (χ2v) is 6.71. The van der Waals surface area contributed by atoms with Crippen LogP contribution in [0.4, 0.5) is 0 Å². The van der Waals surface area contributed by atoms with Crippen molar-refractivity contribution in [2.75, 3.05) is 6.61 Å². The van der Waals surface area contributed by atoms with E-state index in [9.17, 15) is 4.79 Å². The summed E-state index contributed by atoms with van der Waals surface area (Å²) >= 11 is 0. The van der Waals surface area contributed by atoms with Crippen LogP contribution in [0.3, 0.4) is 0 Å². The Kier molecular flexibility index (Phi) is 2.78. The maximum Gasteiger partial charge on any atom is 0.231 e. The Bertz CT molecular complexity index is 754. The van der Waals surface area contributed by atoms with Crippen molar-refractivity contribution in [3.8, 4) is 5.75 Å². The van der Waals surface area contributed by atoms with Gasteiger partial charge in [0.15, 0.2) is 0 Å². The fourth-order valence-corrected chi connectivity index (χ4v) is 4.63. The number of hydrogen-bond acceptors (Lipinski definition) is 2. The second kappa shape index (κ2) is 4.85. The number of carbonyl (C=O) groups is 1. The highest BCUT2D eigenvalue weighted by Crippen LogP contribution is 2.54. The fraction of sp³-hybridized carbons (Fsp3) is 0.350. The Morgan fingerprint density at radius 1 is 0.870 bits per heavy atom. The third kappa shape index (κ3) is 1.79. The molecule has 3 aliphatic rings. The first-order chi connectivity index (χ1) is 11.3. The predicted octanol–water partition coefficient (Wildman–Crippen LogP) is 3.97. The molecular formula is C20H19NO2. The molecule has 0 saturated carbocycles. The molecule has 3 aliphatic heterocycles. The van der Waals surface area contributed by atoms with Gasteiger partial charge in [-0.2, -0.15) is 0 Å². The van der Waals surface area contributed by atoms with Crippen molar-refractivity contribution < 1.29 is 9.53 Å². The number of fused-ring (bicyclic) bond motifs is 6. The number of ether oxygens (including phenoxy) is 1. The van der Waals surface area contributed by atoms with Gasteiger partial charge in [0, 0.05) is 5.56 Å². The van der Waals surface area contributed by atoms with Crippen molar-refractivity contribution in [1.29, 1.82) is 0 Å². The summed E-state index contributed by atoms with van der Waals surface area (Å²) < 4.78 is 5.73. The SMILES string of the molecule is O=C([C@@H]1CCOc2ccccc21)N1[C@H]2CC[C@H]1c1ccccc12. The molecule has 1 saturated heterocycles. The van der Waals surface area contributed by atoms with E-state index >= 15 is 0 Å². The van der Waals surface area contributed by atoms with E-state index in [0.717, 1.165) is 30.6 Å². The average molecular weight is 305 g/mol. The van der Waals surface area contributed by atoms with Gasteiger partial charge in [0.05, 0.1) is 24.6 Å². The molecule has 23 heavy (non-hydrogen) atoms. The minimum Gasteiger partial charge on any atom is -0.493 e. The van der Waals surface area contributed by atoms with E-state index in [1.165, 1.54) is 11.1 Å². The largest absolute Gasteiger partial charge is 0.493 e. The molecule has 1 amide bonds. The van der Waals surface area contributed by atoms with Gasteiger partial charge in [-0.1, -0.05) is 42.5 Å². The van der Waals surface area contributed by atoms with Crippen LogP contribution in [0, 0.1) is 0 Å². The van der Waals surface area contributed by atoms with Crippen molar-refractivity contribution >= 4 is 5.91 Å². The lowest BCUT2D eigenvalue weighted by Crippen LogP contribution is -2.35. The van der Waals surface area contributed by atoms with E-state index in [0.29, 0.717) is 6.61 Å². The first kappa shape index (κ1) is 13.2. The van der Waals surface area contributed by atoms with Crippen molar-refractivity contribution in [2.45, 2.75) is 37.3 Å². The summed E-state index contributed by atoms with van der Waals surface area (Å²) in [5.41, 5.74) is 3.77. The van der Waals surface area contributed by atoms with Gasteiger partial charge in [0.2, 0.25) is 5.91 Å². The van der Waals surface area contributed by atoms with E-state index < -0.39 is 0 Å². The summed E-state index contributed by atoms with van der Waals surface area (Å²) in [7, 11) is 0. The number of rotatable bonds is 1. The molecule has 0 unspecified atom stereocenters. The molecule has 3 nitrogen and oxygen atoms in total. The van der Waals surface area contributed by atoms with Crippen LogP contribution in [0.15, 0.2) is 48.5 Å². The summed E-state index contributed by atoms with van der Waals surface area (Å²) in [6.45, 7) is 0.629. The molecule has 116 valence electrons. The van der Waals surface area contributed by atoms with E-state index in [2.05, 4.69) is 29.2 Å². The number of para-hydroxylation sites is 1. The van der Waals surface area contributed by atoms with E-state index in [4.69, 9.17) is 4.74 Å². The Morgan fingerprint density at radius 2 is 1.48 bits per heavy atom. The van der Waals surface area contributed by atoms with E-state index in [1.807, 2.05) is 24.3 Å². The topological polar surface area (TPSA) is 29.5 Å².